The third-order valence-corrected chi connectivity index (χ3v) is 11.2. The lowest BCUT2D eigenvalue weighted by molar-refractivity contribution is -0.341. The van der Waals surface area contributed by atoms with Gasteiger partial charge in [-0.05, 0) is 26.3 Å². The van der Waals surface area contributed by atoms with Crippen molar-refractivity contribution in [3.05, 3.63) is 12.0 Å². The largest absolute Gasteiger partial charge is 0.466 e. The highest BCUT2D eigenvalue weighted by Gasteiger charge is 2.51. The van der Waals surface area contributed by atoms with Crippen LogP contribution >= 0.6 is 0 Å². The highest BCUT2D eigenvalue weighted by atomic mass is 16.7. The van der Waals surface area contributed by atoms with Gasteiger partial charge in [-0.1, -0.05) is 6.42 Å². The minimum atomic E-state index is -2.08. The number of imide groups is 1. The number of ketones is 2. The van der Waals surface area contributed by atoms with E-state index in [0.29, 0.717) is 37.1 Å². The van der Waals surface area contributed by atoms with Crippen LogP contribution in [0.1, 0.15) is 45.4 Å². The molecule has 0 bridgehead atoms. The normalized spacial score (nSPS) is 38.7. The van der Waals surface area contributed by atoms with Crippen molar-refractivity contribution in [2.24, 2.45) is 0 Å². The lowest BCUT2D eigenvalue weighted by Crippen LogP contribution is -2.62. The molecule has 11 N–H and O–H groups in total. The maximum atomic E-state index is 12.5. The number of amides is 2. The predicted octanol–water partition coefficient (Wildman–Crippen LogP) is -7.35. The van der Waals surface area contributed by atoms with Crippen molar-refractivity contribution in [3.63, 3.8) is 0 Å². The fourth-order valence-electron chi connectivity index (χ4n) is 7.23. The zero-order valence-electron chi connectivity index (χ0n) is 35.1. The summed E-state index contributed by atoms with van der Waals surface area (Å²) in [7, 11) is 0. The molecule has 17 atom stereocenters. The first-order chi connectivity index (χ1) is 30.9. The second-order valence-corrected chi connectivity index (χ2v) is 15.8. The van der Waals surface area contributed by atoms with Crippen LogP contribution in [-0.4, -0.2) is 246 Å². The van der Waals surface area contributed by atoms with E-state index in [-0.39, 0.29) is 45.6 Å². The number of aliphatic hydroxyl groups excluding tert-OH is 11. The Kier molecular flexibility index (Phi) is 19.4. The van der Waals surface area contributed by atoms with Crippen LogP contribution < -0.4 is 0 Å². The summed E-state index contributed by atoms with van der Waals surface area (Å²) < 4.78 is 44.2. The van der Waals surface area contributed by atoms with Gasteiger partial charge in [0.05, 0.1) is 32.5 Å². The summed E-state index contributed by atoms with van der Waals surface area (Å²) >= 11 is 0. The third-order valence-electron chi connectivity index (χ3n) is 11.2. The molecule has 27 heteroatoms. The van der Waals surface area contributed by atoms with Gasteiger partial charge in [-0.25, -0.2) is 4.79 Å². The number of carbonyl (C=O) groups is 5. The number of ether oxygens (including phenoxy) is 8. The summed E-state index contributed by atoms with van der Waals surface area (Å²) in [4.78, 5) is 67.4. The maximum absolute atomic E-state index is 12.5. The molecule has 27 nitrogen and oxygen atoms in total. The van der Waals surface area contributed by atoms with Crippen molar-refractivity contribution in [3.8, 4) is 0 Å². The molecule has 2 amide bonds. The van der Waals surface area contributed by atoms with Crippen LogP contribution in [0.25, 0.3) is 0 Å². The predicted molar refractivity (Wildman–Crippen MR) is 203 cm³/mol. The molecule has 5 aliphatic rings. The van der Waals surface area contributed by atoms with Crippen LogP contribution in [0.4, 0.5) is 0 Å². The molecule has 65 heavy (non-hydrogen) atoms. The Morgan fingerprint density at radius 1 is 0.677 bits per heavy atom. The molecule has 0 radical (unpaired) electrons. The highest BCUT2D eigenvalue weighted by Crippen LogP contribution is 2.32. The minimum absolute atomic E-state index is 0.0276. The molecule has 0 aliphatic carbocycles. The van der Waals surface area contributed by atoms with E-state index in [2.05, 4.69) is 0 Å². The summed E-state index contributed by atoms with van der Waals surface area (Å²) in [5.74, 6) is -4.65. The smallest absolute Gasteiger partial charge is 0.333 e. The van der Waals surface area contributed by atoms with E-state index >= 15 is 0 Å². The molecule has 0 unspecified atom stereocenters. The summed E-state index contributed by atoms with van der Waals surface area (Å²) in [5, 5.41) is 114. The van der Waals surface area contributed by atoms with Gasteiger partial charge >= 0.3 is 5.97 Å². The first-order valence-corrected chi connectivity index (χ1v) is 21.0. The van der Waals surface area contributed by atoms with Gasteiger partial charge in [0.25, 0.3) is 11.8 Å². The SMILES string of the molecule is C[C@@H]1O[C@@H](OCCN(CCCCCC(=O)ON2C(=O)CCC2=O)CCO[C@H]2O/C(=C/O[C@H]3O[C@H](CO)[C@@H](O)C(=O)[C@@H]3O)[C@@H](O)[C@H](O[C@H]3O[C@H](CO)[C@@H](O)[C@H](O)[C@@H]3O)[C@@H]2O)C(=O)[C@H](O)[C@@H]1O. The molecule has 5 saturated heterocycles. The Balaban J connectivity index is 1.25. The fraction of sp³-hybridized carbons (Fsp3) is 0.816. The molecule has 5 fully saturated rings. The van der Waals surface area contributed by atoms with E-state index in [1.807, 2.05) is 0 Å². The third kappa shape index (κ3) is 13.0. The van der Waals surface area contributed by atoms with E-state index in [4.69, 9.17) is 42.7 Å². The summed E-state index contributed by atoms with van der Waals surface area (Å²) in [5.41, 5.74) is 0. The molecule has 0 spiro atoms. The first-order valence-electron chi connectivity index (χ1n) is 21.0. The van der Waals surface area contributed by atoms with Crippen LogP contribution in [0.15, 0.2) is 12.0 Å². The van der Waals surface area contributed by atoms with E-state index in [9.17, 15) is 80.1 Å². The Bertz CT molecular complexity index is 1640. The van der Waals surface area contributed by atoms with Crippen LogP contribution in [0, 0.1) is 0 Å². The quantitative estimate of drug-likeness (QED) is 0.0289. The zero-order valence-corrected chi connectivity index (χ0v) is 35.1. The number of unbranched alkanes of at least 4 members (excludes halogenated alkanes) is 2. The van der Waals surface area contributed by atoms with Crippen LogP contribution in [0.5, 0.6) is 0 Å². The summed E-state index contributed by atoms with van der Waals surface area (Å²) in [6, 6.07) is 0. The molecule has 5 heterocycles. The van der Waals surface area contributed by atoms with Crippen LogP contribution in [0.3, 0.4) is 0 Å². The summed E-state index contributed by atoms with van der Waals surface area (Å²) in [6.07, 6.45) is -28.0. The van der Waals surface area contributed by atoms with Crippen LogP contribution in [-0.2, 0) is 66.7 Å². The number of aliphatic hydroxyl groups is 11. The van der Waals surface area contributed by atoms with Crippen molar-refractivity contribution in [2.45, 2.75) is 150 Å². The second kappa shape index (κ2) is 24.0. The van der Waals surface area contributed by atoms with Crippen LogP contribution in [0.2, 0.25) is 0 Å². The van der Waals surface area contributed by atoms with Gasteiger partial charge in [-0.3, -0.25) is 24.1 Å². The topological polar surface area (TPSA) is 397 Å². The average Bonchev–Trinajstić information content (AvgIpc) is 3.60. The number of carbonyl (C=O) groups excluding carboxylic acids is 5. The number of nitrogens with zero attached hydrogens (tertiary/aromatic N) is 2. The van der Waals surface area contributed by atoms with Gasteiger partial charge in [0, 0.05) is 32.4 Å². The molecule has 0 aromatic rings. The molecule has 0 aromatic heterocycles. The molecule has 5 aliphatic heterocycles. The maximum Gasteiger partial charge on any atom is 0.333 e. The van der Waals surface area contributed by atoms with E-state index < -0.39 is 153 Å². The van der Waals surface area contributed by atoms with Gasteiger partial charge in [0.1, 0.15) is 73.4 Å². The van der Waals surface area contributed by atoms with Gasteiger partial charge in [-0.15, -0.1) is 5.06 Å². The zero-order chi connectivity index (χ0) is 47.7. The molecular formula is C38H58N2O25. The first kappa shape index (κ1) is 52.5. The highest BCUT2D eigenvalue weighted by molar-refractivity contribution is 6.01. The second-order valence-electron chi connectivity index (χ2n) is 15.8. The molecule has 0 aromatic carbocycles. The Hall–Kier alpha value is -3.43. The van der Waals surface area contributed by atoms with Gasteiger partial charge in [-0.2, -0.15) is 0 Å². The van der Waals surface area contributed by atoms with Crippen molar-refractivity contribution >= 4 is 29.4 Å². The Morgan fingerprint density at radius 3 is 1.98 bits per heavy atom. The number of hydrogen-bond acceptors (Lipinski definition) is 26. The monoisotopic (exact) mass is 942 g/mol. The van der Waals surface area contributed by atoms with Gasteiger partial charge < -0.3 is 98.9 Å². The number of Topliss-reactive ketones (excluding diaryl/α,β-unsaturated/α-hetero) is 2. The van der Waals surface area contributed by atoms with Gasteiger partial charge in [0.15, 0.2) is 23.9 Å². The van der Waals surface area contributed by atoms with E-state index in [0.717, 1.165) is 0 Å². The van der Waals surface area contributed by atoms with Crippen molar-refractivity contribution in [2.75, 3.05) is 46.1 Å². The van der Waals surface area contributed by atoms with Gasteiger partial charge in [0.2, 0.25) is 24.7 Å². The summed E-state index contributed by atoms with van der Waals surface area (Å²) in [6.45, 7) is -0.279. The van der Waals surface area contributed by atoms with Crippen molar-refractivity contribution in [1.82, 2.24) is 9.96 Å². The molecular weight excluding hydrogens is 884 g/mol. The van der Waals surface area contributed by atoms with E-state index in [1.54, 1.807) is 4.90 Å². The lowest BCUT2D eigenvalue weighted by atomic mass is 9.98. The van der Waals surface area contributed by atoms with Crippen molar-refractivity contribution in [1.29, 1.82) is 0 Å². The fourth-order valence-corrected chi connectivity index (χ4v) is 7.23. The lowest BCUT2D eigenvalue weighted by Gasteiger charge is -2.44. The number of rotatable bonds is 21. The molecule has 5 rings (SSSR count). The number of hydroxylamine groups is 2. The average molecular weight is 943 g/mol. The Labute approximate surface area is 370 Å². The minimum Gasteiger partial charge on any atom is -0.466 e. The molecule has 370 valence electrons. The standard InChI is InChI=1S/C38H58N2O25/c1-16-23(46)27(50)30(53)35(60-16)57-11-9-39(8-4-2-3-5-22(45)65-40-20(43)6-7-21(40)44)10-12-58-37-33(56)34(64-38-32(55)29(52)25(48)18(14-42)62-38)26(49)19(63-37)15-59-36-31(54)28(51)24(47)17(13-41)61-36/h15-18,23-27,29,31-38,41-42,46-50,52,54-56H,2-14H2,1H3/b19-15+/t16-,17+,18+,23+,24+,25+,26+,27+,29-,31-,32-,33-,34-,35+,36-,37-,38+/m0/s1. The molecule has 0 saturated carbocycles. The Morgan fingerprint density at radius 2 is 1.32 bits per heavy atom. The number of hydrogen-bond donors (Lipinski definition) is 11. The van der Waals surface area contributed by atoms with E-state index in [1.165, 1.54) is 6.92 Å². The van der Waals surface area contributed by atoms with Crippen molar-refractivity contribution < 1.29 is 123 Å².